The van der Waals surface area contributed by atoms with Crippen molar-refractivity contribution in [1.82, 2.24) is 9.97 Å². The van der Waals surface area contributed by atoms with Crippen molar-refractivity contribution in [3.05, 3.63) is 23.3 Å². The van der Waals surface area contributed by atoms with Gasteiger partial charge in [0.15, 0.2) is 0 Å². The van der Waals surface area contributed by atoms with Gasteiger partial charge >= 0.3 is 6.18 Å². The topological polar surface area (TPSA) is 35.0 Å². The van der Waals surface area contributed by atoms with E-state index in [2.05, 4.69) is 30.6 Å². The number of rotatable bonds is 6. The molecule has 3 nitrogen and oxygen atoms in total. The second kappa shape index (κ2) is 6.17. The summed E-state index contributed by atoms with van der Waals surface area (Å²) in [6.07, 6.45) is 0.0226. The average molecular weight is 339 g/mol. The normalized spacial score (nSPS) is 15.8. The molecular formula is C12H14BrF3N2O. The van der Waals surface area contributed by atoms with E-state index in [1.54, 1.807) is 6.20 Å². The van der Waals surface area contributed by atoms with Gasteiger partial charge < -0.3 is 4.74 Å². The molecule has 1 aromatic rings. The molecule has 1 fully saturated rings. The number of halogens is 4. The third-order valence-electron chi connectivity index (χ3n) is 2.79. The van der Waals surface area contributed by atoms with E-state index in [0.717, 1.165) is 24.1 Å². The van der Waals surface area contributed by atoms with E-state index in [1.807, 2.05) is 0 Å². The third-order valence-corrected chi connectivity index (χ3v) is 3.40. The molecular weight excluding hydrogens is 325 g/mol. The minimum absolute atomic E-state index is 0.0166. The summed E-state index contributed by atoms with van der Waals surface area (Å²) in [7, 11) is 0. The molecule has 0 amide bonds. The maximum Gasteiger partial charge on any atom is 0.411 e. The molecule has 1 aromatic heterocycles. The minimum Gasteiger partial charge on any atom is -0.372 e. The highest BCUT2D eigenvalue weighted by Crippen LogP contribution is 2.40. The standard InChI is InChI=1S/C12H14BrF3N2O/c13-5-9-6-17-10(18-11(9)8-1-2-8)3-4-19-7-12(14,15)16/h6,8H,1-5,7H2. The minimum atomic E-state index is -4.28. The second-order valence-corrected chi connectivity index (χ2v) is 5.08. The summed E-state index contributed by atoms with van der Waals surface area (Å²) in [4.78, 5) is 8.59. The van der Waals surface area contributed by atoms with Crippen LogP contribution in [0.2, 0.25) is 0 Å². The zero-order chi connectivity index (χ0) is 13.9. The van der Waals surface area contributed by atoms with Gasteiger partial charge in [-0.2, -0.15) is 13.2 Å². The van der Waals surface area contributed by atoms with Crippen LogP contribution < -0.4 is 0 Å². The van der Waals surface area contributed by atoms with E-state index >= 15 is 0 Å². The molecule has 0 radical (unpaired) electrons. The van der Waals surface area contributed by atoms with Crippen LogP contribution in [0.5, 0.6) is 0 Å². The maximum atomic E-state index is 11.9. The van der Waals surface area contributed by atoms with Crippen molar-refractivity contribution in [3.8, 4) is 0 Å². The van der Waals surface area contributed by atoms with Crippen LogP contribution >= 0.6 is 15.9 Å². The summed E-state index contributed by atoms with van der Waals surface area (Å²) in [5.41, 5.74) is 2.08. The number of nitrogens with zero attached hydrogens (tertiary/aromatic N) is 2. The Balaban J connectivity index is 1.88. The summed E-state index contributed by atoms with van der Waals surface area (Å²) < 4.78 is 40.3. The van der Waals surface area contributed by atoms with E-state index in [0.29, 0.717) is 23.5 Å². The number of hydrogen-bond acceptors (Lipinski definition) is 3. The van der Waals surface area contributed by atoms with Crippen molar-refractivity contribution in [3.63, 3.8) is 0 Å². The predicted octanol–water partition coefficient (Wildman–Crippen LogP) is 3.37. The SMILES string of the molecule is FC(F)(F)COCCc1ncc(CBr)c(C2CC2)n1. The van der Waals surface area contributed by atoms with E-state index in [9.17, 15) is 13.2 Å². The van der Waals surface area contributed by atoms with E-state index in [4.69, 9.17) is 0 Å². The third kappa shape index (κ3) is 4.72. The number of ether oxygens (including phenoxy) is 1. The monoisotopic (exact) mass is 338 g/mol. The van der Waals surface area contributed by atoms with Crippen LogP contribution in [0, 0.1) is 0 Å². The molecule has 0 aliphatic heterocycles. The van der Waals surface area contributed by atoms with Crippen molar-refractivity contribution in [2.75, 3.05) is 13.2 Å². The number of alkyl halides is 4. The van der Waals surface area contributed by atoms with Crippen LogP contribution in [-0.2, 0) is 16.5 Å². The molecule has 2 rings (SSSR count). The summed E-state index contributed by atoms with van der Waals surface area (Å²) in [6, 6.07) is 0. The lowest BCUT2D eigenvalue weighted by Gasteiger charge is -2.09. The van der Waals surface area contributed by atoms with Gasteiger partial charge in [-0.15, -0.1) is 0 Å². The Morgan fingerprint density at radius 1 is 1.37 bits per heavy atom. The zero-order valence-electron chi connectivity index (χ0n) is 10.2. The van der Waals surface area contributed by atoms with Gasteiger partial charge in [0.1, 0.15) is 12.4 Å². The van der Waals surface area contributed by atoms with Gasteiger partial charge in [0.05, 0.1) is 12.3 Å². The molecule has 0 N–H and O–H groups in total. The summed E-state index contributed by atoms with van der Waals surface area (Å²) in [5.74, 6) is 1.04. The maximum absolute atomic E-state index is 11.9. The molecule has 19 heavy (non-hydrogen) atoms. The number of hydrogen-bond donors (Lipinski definition) is 0. The molecule has 0 unspecified atom stereocenters. The quantitative estimate of drug-likeness (QED) is 0.589. The van der Waals surface area contributed by atoms with Crippen molar-refractivity contribution >= 4 is 15.9 Å². The first-order chi connectivity index (χ1) is 8.99. The predicted molar refractivity (Wildman–Crippen MR) is 67.2 cm³/mol. The first kappa shape index (κ1) is 14.7. The molecule has 0 bridgehead atoms. The van der Waals surface area contributed by atoms with Crippen LogP contribution in [0.3, 0.4) is 0 Å². The molecule has 1 heterocycles. The Morgan fingerprint density at radius 3 is 2.68 bits per heavy atom. The van der Waals surface area contributed by atoms with E-state index < -0.39 is 12.8 Å². The fourth-order valence-corrected chi connectivity index (χ4v) is 2.18. The number of aromatic nitrogens is 2. The van der Waals surface area contributed by atoms with Crippen molar-refractivity contribution in [1.29, 1.82) is 0 Å². The molecule has 0 saturated heterocycles. The highest BCUT2D eigenvalue weighted by Gasteiger charge is 2.28. The van der Waals surface area contributed by atoms with Crippen LogP contribution in [-0.4, -0.2) is 29.4 Å². The highest BCUT2D eigenvalue weighted by atomic mass is 79.9. The lowest BCUT2D eigenvalue weighted by atomic mass is 10.2. The lowest BCUT2D eigenvalue weighted by molar-refractivity contribution is -0.173. The fraction of sp³-hybridized carbons (Fsp3) is 0.667. The van der Waals surface area contributed by atoms with Gasteiger partial charge in [-0.3, -0.25) is 0 Å². The van der Waals surface area contributed by atoms with Crippen LogP contribution in [0.1, 0.15) is 35.8 Å². The summed E-state index contributed by atoms with van der Waals surface area (Å²) in [6.45, 7) is -1.24. The lowest BCUT2D eigenvalue weighted by Crippen LogP contribution is -2.18. The Labute approximate surface area is 117 Å². The second-order valence-electron chi connectivity index (χ2n) is 4.52. The molecule has 1 aliphatic carbocycles. The Bertz CT molecular complexity index is 435. The smallest absolute Gasteiger partial charge is 0.372 e. The van der Waals surface area contributed by atoms with Gasteiger partial charge in [-0.05, 0) is 12.8 Å². The Morgan fingerprint density at radius 2 is 2.11 bits per heavy atom. The first-order valence-electron chi connectivity index (χ1n) is 6.05. The van der Waals surface area contributed by atoms with Crippen LogP contribution in [0.25, 0.3) is 0 Å². The largest absolute Gasteiger partial charge is 0.411 e. The Hall–Kier alpha value is -0.690. The summed E-state index contributed by atoms with van der Waals surface area (Å²) >= 11 is 3.38. The van der Waals surface area contributed by atoms with Crippen molar-refractivity contribution < 1.29 is 17.9 Å². The fourth-order valence-electron chi connectivity index (χ4n) is 1.74. The molecule has 0 aromatic carbocycles. The van der Waals surface area contributed by atoms with E-state index in [1.165, 1.54) is 0 Å². The molecule has 7 heteroatoms. The molecule has 1 aliphatic rings. The van der Waals surface area contributed by atoms with Gasteiger partial charge in [0.2, 0.25) is 0 Å². The van der Waals surface area contributed by atoms with Crippen molar-refractivity contribution in [2.24, 2.45) is 0 Å². The average Bonchev–Trinajstić information content (AvgIpc) is 3.17. The van der Waals surface area contributed by atoms with Gasteiger partial charge in [-0.1, -0.05) is 15.9 Å². The summed E-state index contributed by atoms with van der Waals surface area (Å²) in [5, 5.41) is 0.698. The zero-order valence-corrected chi connectivity index (χ0v) is 11.8. The van der Waals surface area contributed by atoms with Gasteiger partial charge in [0, 0.05) is 29.4 Å². The Kier molecular flexibility index (Phi) is 4.78. The van der Waals surface area contributed by atoms with Crippen LogP contribution in [0.15, 0.2) is 6.20 Å². The molecule has 0 atom stereocenters. The highest BCUT2D eigenvalue weighted by molar-refractivity contribution is 9.08. The van der Waals surface area contributed by atoms with E-state index in [-0.39, 0.29) is 6.61 Å². The molecule has 0 spiro atoms. The molecule has 106 valence electrons. The van der Waals surface area contributed by atoms with Crippen molar-refractivity contribution in [2.45, 2.75) is 36.7 Å². The molecule has 1 saturated carbocycles. The van der Waals surface area contributed by atoms with Gasteiger partial charge in [0.25, 0.3) is 0 Å². The van der Waals surface area contributed by atoms with Gasteiger partial charge in [-0.25, -0.2) is 9.97 Å². The van der Waals surface area contributed by atoms with Crippen LogP contribution in [0.4, 0.5) is 13.2 Å². The first-order valence-corrected chi connectivity index (χ1v) is 7.17.